The first-order valence-corrected chi connectivity index (χ1v) is 11.6. The fourth-order valence-corrected chi connectivity index (χ4v) is 4.75. The van der Waals surface area contributed by atoms with Crippen LogP contribution in [-0.4, -0.2) is 49.9 Å². The molecule has 4 aromatic rings. The van der Waals surface area contributed by atoms with E-state index in [1.807, 2.05) is 6.92 Å². The Morgan fingerprint density at radius 3 is 2.85 bits per heavy atom. The summed E-state index contributed by atoms with van der Waals surface area (Å²) in [7, 11) is 0. The number of fused-ring (bicyclic) bond motifs is 1. The Morgan fingerprint density at radius 2 is 2.06 bits per heavy atom. The molecule has 5 rings (SSSR count). The molecule has 8 nitrogen and oxygen atoms in total. The summed E-state index contributed by atoms with van der Waals surface area (Å²) in [6.07, 6.45) is 4.81. The van der Waals surface area contributed by atoms with Crippen LogP contribution in [0.25, 0.3) is 16.8 Å². The normalized spacial score (nSPS) is 18.4. The smallest absolute Gasteiger partial charge is 0.295 e. The molecule has 2 aromatic heterocycles. The van der Waals surface area contributed by atoms with E-state index < -0.39 is 5.82 Å². The summed E-state index contributed by atoms with van der Waals surface area (Å²) in [5.74, 6) is -0.775. The lowest BCUT2D eigenvalue weighted by molar-refractivity contribution is 0.0534. The van der Waals surface area contributed by atoms with E-state index in [4.69, 9.17) is 16.0 Å². The largest absolute Gasteiger partial charge is 0.424 e. The standard InChI is InChI=1S/C24H24ClFN6O2/c1-14-4-3-11-31(19(14)13-27-24-30-18-8-6-16(25)12-20(18)34-24)23(33)21-17(26)7-5-15(2)22(21)32-28-9-10-29-32/h5-10,12,14,19H,3-4,11,13H2,1-2H3,(H,27,30)/t14-,19-/m1/s1. The number of amides is 1. The van der Waals surface area contributed by atoms with Crippen LogP contribution >= 0.6 is 11.6 Å². The fraction of sp³-hybridized carbons (Fsp3) is 0.333. The van der Waals surface area contributed by atoms with Crippen molar-refractivity contribution in [1.82, 2.24) is 24.9 Å². The molecule has 10 heteroatoms. The Balaban J connectivity index is 1.44. The van der Waals surface area contributed by atoms with E-state index in [-0.39, 0.29) is 23.4 Å². The number of hydrogen-bond donors (Lipinski definition) is 1. The van der Waals surface area contributed by atoms with E-state index in [1.165, 1.54) is 23.3 Å². The first kappa shape index (κ1) is 22.3. The van der Waals surface area contributed by atoms with Crippen molar-refractivity contribution in [2.45, 2.75) is 32.7 Å². The fourth-order valence-electron chi connectivity index (χ4n) is 4.59. The number of nitrogens with zero attached hydrogens (tertiary/aromatic N) is 5. The van der Waals surface area contributed by atoms with Crippen molar-refractivity contribution in [3.8, 4) is 5.69 Å². The molecule has 0 bridgehead atoms. The highest BCUT2D eigenvalue weighted by atomic mass is 35.5. The molecule has 0 saturated carbocycles. The number of aromatic nitrogens is 4. The molecule has 0 radical (unpaired) electrons. The van der Waals surface area contributed by atoms with Gasteiger partial charge in [-0.15, -0.1) is 0 Å². The maximum absolute atomic E-state index is 15.1. The highest BCUT2D eigenvalue weighted by Crippen LogP contribution is 2.30. The van der Waals surface area contributed by atoms with Crippen molar-refractivity contribution < 1.29 is 13.6 Å². The molecule has 1 amide bonds. The van der Waals surface area contributed by atoms with Crippen LogP contribution in [0.15, 0.2) is 47.1 Å². The summed E-state index contributed by atoms with van der Waals surface area (Å²) in [6.45, 7) is 4.85. The van der Waals surface area contributed by atoms with E-state index in [2.05, 4.69) is 27.4 Å². The van der Waals surface area contributed by atoms with Crippen LogP contribution in [0.2, 0.25) is 5.02 Å². The Bertz CT molecular complexity index is 1340. The molecular formula is C24H24ClFN6O2. The molecule has 34 heavy (non-hydrogen) atoms. The predicted octanol–water partition coefficient (Wildman–Crippen LogP) is 4.86. The zero-order chi connectivity index (χ0) is 23.8. The van der Waals surface area contributed by atoms with E-state index in [0.29, 0.717) is 46.5 Å². The van der Waals surface area contributed by atoms with Crippen molar-refractivity contribution in [3.63, 3.8) is 0 Å². The summed E-state index contributed by atoms with van der Waals surface area (Å²) in [6, 6.07) is 8.36. The number of nitrogens with one attached hydrogen (secondary N) is 1. The number of anilines is 1. The molecule has 2 aromatic carbocycles. The van der Waals surface area contributed by atoms with Crippen molar-refractivity contribution in [3.05, 3.63) is 64.7 Å². The first-order valence-electron chi connectivity index (χ1n) is 11.2. The average Bonchev–Trinajstić information content (AvgIpc) is 3.48. The van der Waals surface area contributed by atoms with Gasteiger partial charge in [0.2, 0.25) is 0 Å². The molecule has 1 saturated heterocycles. The number of carbonyl (C=O) groups excluding carboxylic acids is 1. The molecular weight excluding hydrogens is 459 g/mol. The molecule has 3 heterocycles. The summed E-state index contributed by atoms with van der Waals surface area (Å²) in [4.78, 5) is 21.3. The Hall–Kier alpha value is -3.46. The summed E-state index contributed by atoms with van der Waals surface area (Å²) >= 11 is 6.04. The second kappa shape index (κ2) is 9.06. The summed E-state index contributed by atoms with van der Waals surface area (Å²) in [5.41, 5.74) is 2.32. The van der Waals surface area contributed by atoms with Gasteiger partial charge in [-0.2, -0.15) is 20.0 Å². The zero-order valence-electron chi connectivity index (χ0n) is 18.8. The van der Waals surface area contributed by atoms with E-state index in [1.54, 1.807) is 29.2 Å². The number of rotatable bonds is 5. The predicted molar refractivity (Wildman–Crippen MR) is 127 cm³/mol. The molecule has 1 N–H and O–H groups in total. The second-order valence-corrected chi connectivity index (χ2v) is 9.04. The van der Waals surface area contributed by atoms with Crippen LogP contribution in [-0.2, 0) is 0 Å². The number of oxazole rings is 1. The van der Waals surface area contributed by atoms with Gasteiger partial charge >= 0.3 is 0 Å². The second-order valence-electron chi connectivity index (χ2n) is 8.60. The Kier molecular flexibility index (Phi) is 5.95. The zero-order valence-corrected chi connectivity index (χ0v) is 19.6. The Labute approximate surface area is 200 Å². The highest BCUT2D eigenvalue weighted by molar-refractivity contribution is 6.31. The molecule has 2 atom stereocenters. The van der Waals surface area contributed by atoms with Gasteiger partial charge in [0.05, 0.1) is 18.4 Å². The number of piperidine rings is 1. The quantitative estimate of drug-likeness (QED) is 0.437. The maximum Gasteiger partial charge on any atom is 0.295 e. The van der Waals surface area contributed by atoms with E-state index in [0.717, 1.165) is 12.8 Å². The van der Waals surface area contributed by atoms with Gasteiger partial charge in [-0.3, -0.25) is 4.79 Å². The van der Waals surface area contributed by atoms with Crippen LogP contribution in [0, 0.1) is 18.7 Å². The number of halogens is 2. The summed E-state index contributed by atoms with van der Waals surface area (Å²) < 4.78 is 20.9. The lowest BCUT2D eigenvalue weighted by Gasteiger charge is -2.40. The molecule has 0 aliphatic carbocycles. The van der Waals surface area contributed by atoms with Crippen LogP contribution in [0.4, 0.5) is 10.4 Å². The molecule has 1 aliphatic heterocycles. The van der Waals surface area contributed by atoms with E-state index in [9.17, 15) is 4.79 Å². The molecule has 1 fully saturated rings. The molecule has 0 spiro atoms. The van der Waals surface area contributed by atoms with Crippen molar-refractivity contribution in [2.75, 3.05) is 18.4 Å². The van der Waals surface area contributed by atoms with Crippen LogP contribution in [0.1, 0.15) is 35.7 Å². The van der Waals surface area contributed by atoms with Crippen LogP contribution in [0.5, 0.6) is 0 Å². The molecule has 1 aliphatic rings. The number of likely N-dealkylation sites (tertiary alicyclic amines) is 1. The topological polar surface area (TPSA) is 89.1 Å². The van der Waals surface area contributed by atoms with Gasteiger partial charge in [0, 0.05) is 24.2 Å². The lowest BCUT2D eigenvalue weighted by atomic mass is 9.89. The minimum atomic E-state index is -0.594. The van der Waals surface area contributed by atoms with Gasteiger partial charge in [-0.25, -0.2) is 4.39 Å². The van der Waals surface area contributed by atoms with Crippen molar-refractivity contribution in [2.24, 2.45) is 5.92 Å². The van der Waals surface area contributed by atoms with Crippen LogP contribution < -0.4 is 5.32 Å². The number of hydrogen-bond acceptors (Lipinski definition) is 6. The van der Waals surface area contributed by atoms with Crippen LogP contribution in [0.3, 0.4) is 0 Å². The minimum Gasteiger partial charge on any atom is -0.424 e. The number of carbonyl (C=O) groups is 1. The maximum atomic E-state index is 15.1. The minimum absolute atomic E-state index is 0.0215. The van der Waals surface area contributed by atoms with Gasteiger partial charge in [0.25, 0.3) is 11.9 Å². The van der Waals surface area contributed by atoms with Crippen molar-refractivity contribution in [1.29, 1.82) is 0 Å². The SMILES string of the molecule is Cc1ccc(F)c(C(=O)N2CCC[C@@H](C)[C@H]2CNc2nc3ccc(Cl)cc3o2)c1-n1nccn1. The van der Waals surface area contributed by atoms with Gasteiger partial charge in [-0.05, 0) is 49.4 Å². The van der Waals surface area contributed by atoms with E-state index >= 15 is 4.39 Å². The van der Waals surface area contributed by atoms with Gasteiger partial charge in [0.15, 0.2) is 5.58 Å². The Morgan fingerprint density at radius 1 is 1.26 bits per heavy atom. The summed E-state index contributed by atoms with van der Waals surface area (Å²) in [5, 5.41) is 12.1. The first-order chi connectivity index (χ1) is 16.4. The van der Waals surface area contributed by atoms with Gasteiger partial charge in [-0.1, -0.05) is 24.6 Å². The highest BCUT2D eigenvalue weighted by Gasteiger charge is 2.35. The van der Waals surface area contributed by atoms with Gasteiger partial charge < -0.3 is 14.6 Å². The molecule has 176 valence electrons. The number of aryl methyl sites for hydroxylation is 1. The monoisotopic (exact) mass is 482 g/mol. The van der Waals surface area contributed by atoms with Crippen molar-refractivity contribution >= 4 is 34.6 Å². The average molecular weight is 483 g/mol. The van der Waals surface area contributed by atoms with Gasteiger partial charge in [0.1, 0.15) is 22.6 Å². The third-order valence-electron chi connectivity index (χ3n) is 6.35. The lowest BCUT2D eigenvalue weighted by Crippen LogP contribution is -2.51. The third-order valence-corrected chi connectivity index (χ3v) is 6.59. The number of benzene rings is 2. The third kappa shape index (κ3) is 4.11. The molecule has 0 unspecified atom stereocenters.